The van der Waals surface area contributed by atoms with Crippen LogP contribution in [0.15, 0.2) is 84.9 Å². The van der Waals surface area contributed by atoms with Gasteiger partial charge in [-0.25, -0.2) is 4.98 Å². The first-order valence-corrected chi connectivity index (χ1v) is 11.5. The third-order valence-corrected chi connectivity index (χ3v) is 6.69. The van der Waals surface area contributed by atoms with Crippen molar-refractivity contribution in [1.29, 1.82) is 0 Å². The summed E-state index contributed by atoms with van der Waals surface area (Å²) in [5, 5.41) is 0. The Morgan fingerprint density at radius 1 is 0.906 bits per heavy atom. The predicted molar refractivity (Wildman–Crippen MR) is 129 cm³/mol. The maximum Gasteiger partial charge on any atom is 0.229 e. The number of imidazole rings is 1. The Bertz CT molecular complexity index is 1190. The van der Waals surface area contributed by atoms with E-state index in [2.05, 4.69) is 59.2 Å². The molecule has 0 saturated carbocycles. The summed E-state index contributed by atoms with van der Waals surface area (Å²) in [5.74, 6) is 1.24. The van der Waals surface area contributed by atoms with Crippen LogP contribution in [0.3, 0.4) is 0 Å². The topological polar surface area (TPSA) is 38.1 Å². The third kappa shape index (κ3) is 4.05. The summed E-state index contributed by atoms with van der Waals surface area (Å²) in [4.78, 5) is 20.2. The minimum atomic E-state index is -0.101. The van der Waals surface area contributed by atoms with E-state index in [1.165, 1.54) is 11.1 Å². The Morgan fingerprint density at radius 3 is 2.25 bits per heavy atom. The molecular weight excluding hydrogens is 394 g/mol. The van der Waals surface area contributed by atoms with Gasteiger partial charge in [-0.05, 0) is 43.0 Å². The number of amides is 1. The number of nitrogens with zero attached hydrogens (tertiary/aromatic N) is 3. The second kappa shape index (κ2) is 8.99. The first-order valence-electron chi connectivity index (χ1n) is 11.5. The monoisotopic (exact) mass is 423 g/mol. The number of fused-ring (bicyclic) bond motifs is 1. The standard InChI is InChI=1S/C28H29N3O/c1-21(23-12-6-3-7-13-23)28(32)30-18-16-24(17-19-30)31-26-15-9-8-14-25(26)29-27(31)20-22-10-4-2-5-11-22/h2-15,21,24H,16-20H2,1H3/t21-/m1/s1. The molecule has 1 saturated heterocycles. The van der Waals surface area contributed by atoms with Gasteiger partial charge >= 0.3 is 0 Å². The zero-order chi connectivity index (χ0) is 21.9. The van der Waals surface area contributed by atoms with E-state index >= 15 is 0 Å². The molecule has 32 heavy (non-hydrogen) atoms. The molecule has 2 heterocycles. The van der Waals surface area contributed by atoms with E-state index in [1.54, 1.807) is 0 Å². The van der Waals surface area contributed by atoms with Crippen molar-refractivity contribution in [1.82, 2.24) is 14.5 Å². The van der Waals surface area contributed by atoms with Crippen LogP contribution in [-0.2, 0) is 11.2 Å². The van der Waals surface area contributed by atoms with E-state index in [9.17, 15) is 4.79 Å². The van der Waals surface area contributed by atoms with E-state index in [1.807, 2.05) is 42.2 Å². The summed E-state index contributed by atoms with van der Waals surface area (Å²) in [7, 11) is 0. The summed E-state index contributed by atoms with van der Waals surface area (Å²) in [6.45, 7) is 3.60. The fourth-order valence-corrected chi connectivity index (χ4v) is 4.91. The maximum atomic E-state index is 13.1. The van der Waals surface area contributed by atoms with Crippen molar-refractivity contribution in [2.24, 2.45) is 0 Å². The molecule has 0 N–H and O–H groups in total. The molecule has 1 atom stereocenters. The number of piperidine rings is 1. The lowest BCUT2D eigenvalue weighted by atomic mass is 9.97. The van der Waals surface area contributed by atoms with Gasteiger partial charge in [0.25, 0.3) is 0 Å². The number of hydrogen-bond acceptors (Lipinski definition) is 2. The van der Waals surface area contributed by atoms with Gasteiger partial charge in [0.1, 0.15) is 5.82 Å². The number of carbonyl (C=O) groups is 1. The normalized spacial score (nSPS) is 15.7. The van der Waals surface area contributed by atoms with Gasteiger partial charge in [-0.15, -0.1) is 0 Å². The Balaban J connectivity index is 1.36. The number of benzene rings is 3. The molecule has 4 aromatic rings. The zero-order valence-corrected chi connectivity index (χ0v) is 18.5. The van der Waals surface area contributed by atoms with Crippen LogP contribution >= 0.6 is 0 Å². The van der Waals surface area contributed by atoms with Crippen molar-refractivity contribution in [3.63, 3.8) is 0 Å². The quantitative estimate of drug-likeness (QED) is 0.419. The van der Waals surface area contributed by atoms with Gasteiger partial charge in [0.05, 0.1) is 17.0 Å². The molecule has 0 aliphatic carbocycles. The maximum absolute atomic E-state index is 13.1. The average Bonchev–Trinajstić information content (AvgIpc) is 3.22. The molecule has 4 heteroatoms. The summed E-state index contributed by atoms with van der Waals surface area (Å²) in [5.41, 5.74) is 4.61. The van der Waals surface area contributed by atoms with Gasteiger partial charge < -0.3 is 9.47 Å². The predicted octanol–water partition coefficient (Wildman–Crippen LogP) is 5.59. The number of rotatable bonds is 5. The van der Waals surface area contributed by atoms with Crippen molar-refractivity contribution >= 4 is 16.9 Å². The Labute approximate surface area is 189 Å². The highest BCUT2D eigenvalue weighted by molar-refractivity contribution is 5.83. The Kier molecular flexibility index (Phi) is 5.76. The van der Waals surface area contributed by atoms with Gasteiger partial charge in [0, 0.05) is 25.6 Å². The van der Waals surface area contributed by atoms with Crippen molar-refractivity contribution in [3.05, 3.63) is 102 Å². The third-order valence-electron chi connectivity index (χ3n) is 6.69. The molecule has 3 aromatic carbocycles. The number of carbonyl (C=O) groups excluding carboxylic acids is 1. The fourth-order valence-electron chi connectivity index (χ4n) is 4.91. The highest BCUT2D eigenvalue weighted by Crippen LogP contribution is 2.31. The smallest absolute Gasteiger partial charge is 0.229 e. The van der Waals surface area contributed by atoms with Crippen molar-refractivity contribution < 1.29 is 4.79 Å². The van der Waals surface area contributed by atoms with Crippen LogP contribution < -0.4 is 0 Å². The summed E-state index contributed by atoms with van der Waals surface area (Å²) < 4.78 is 2.44. The van der Waals surface area contributed by atoms with Crippen LogP contribution in [-0.4, -0.2) is 33.4 Å². The molecule has 1 amide bonds. The second-order valence-corrected chi connectivity index (χ2v) is 8.74. The molecule has 4 nitrogen and oxygen atoms in total. The molecule has 5 rings (SSSR count). The first kappa shape index (κ1) is 20.5. The van der Waals surface area contributed by atoms with Gasteiger partial charge in [-0.3, -0.25) is 4.79 Å². The van der Waals surface area contributed by atoms with Crippen molar-refractivity contribution in [3.8, 4) is 0 Å². The Hall–Kier alpha value is -3.40. The summed E-state index contributed by atoms with van der Waals surface area (Å²) >= 11 is 0. The molecule has 1 aliphatic heterocycles. The van der Waals surface area contributed by atoms with Crippen molar-refractivity contribution in [2.75, 3.05) is 13.1 Å². The van der Waals surface area contributed by atoms with Crippen LogP contribution in [0.5, 0.6) is 0 Å². The highest BCUT2D eigenvalue weighted by atomic mass is 16.2. The van der Waals surface area contributed by atoms with Crippen LogP contribution in [0.4, 0.5) is 0 Å². The lowest BCUT2D eigenvalue weighted by Gasteiger charge is -2.35. The molecular formula is C28H29N3O. The lowest BCUT2D eigenvalue weighted by Crippen LogP contribution is -2.41. The Morgan fingerprint density at radius 2 is 1.53 bits per heavy atom. The molecule has 1 fully saturated rings. The molecule has 0 unspecified atom stereocenters. The molecule has 162 valence electrons. The lowest BCUT2D eigenvalue weighted by molar-refractivity contribution is -0.133. The average molecular weight is 424 g/mol. The summed E-state index contributed by atoms with van der Waals surface area (Å²) in [6.07, 6.45) is 2.73. The van der Waals surface area contributed by atoms with Crippen molar-refractivity contribution in [2.45, 2.75) is 38.1 Å². The van der Waals surface area contributed by atoms with Crippen LogP contribution in [0.2, 0.25) is 0 Å². The molecule has 1 aliphatic rings. The van der Waals surface area contributed by atoms with E-state index in [0.717, 1.165) is 49.3 Å². The molecule has 1 aromatic heterocycles. The van der Waals surface area contributed by atoms with Gasteiger partial charge in [-0.1, -0.05) is 72.8 Å². The molecule has 0 radical (unpaired) electrons. The molecule has 0 spiro atoms. The second-order valence-electron chi connectivity index (χ2n) is 8.74. The number of para-hydroxylation sites is 2. The van der Waals surface area contributed by atoms with E-state index in [4.69, 9.17) is 4.98 Å². The van der Waals surface area contributed by atoms with E-state index < -0.39 is 0 Å². The number of aromatic nitrogens is 2. The first-order chi connectivity index (χ1) is 15.7. The zero-order valence-electron chi connectivity index (χ0n) is 18.5. The number of likely N-dealkylation sites (tertiary alicyclic amines) is 1. The van der Waals surface area contributed by atoms with Crippen LogP contribution in [0, 0.1) is 0 Å². The highest BCUT2D eigenvalue weighted by Gasteiger charge is 2.29. The van der Waals surface area contributed by atoms with Crippen LogP contribution in [0.1, 0.15) is 48.7 Å². The number of hydrogen-bond donors (Lipinski definition) is 0. The van der Waals surface area contributed by atoms with E-state index in [0.29, 0.717) is 6.04 Å². The minimum absolute atomic E-state index is 0.101. The fraction of sp³-hybridized carbons (Fsp3) is 0.286. The largest absolute Gasteiger partial charge is 0.342 e. The van der Waals surface area contributed by atoms with Gasteiger partial charge in [0.15, 0.2) is 0 Å². The SMILES string of the molecule is C[C@@H](C(=O)N1CCC(n2c(Cc3ccccc3)nc3ccccc32)CC1)c1ccccc1. The van der Waals surface area contributed by atoms with Crippen LogP contribution in [0.25, 0.3) is 11.0 Å². The minimum Gasteiger partial charge on any atom is -0.342 e. The van der Waals surface area contributed by atoms with Gasteiger partial charge in [-0.2, -0.15) is 0 Å². The summed E-state index contributed by atoms with van der Waals surface area (Å²) in [6, 6.07) is 29.4. The van der Waals surface area contributed by atoms with E-state index in [-0.39, 0.29) is 11.8 Å². The molecule has 0 bridgehead atoms. The van der Waals surface area contributed by atoms with Gasteiger partial charge in [0.2, 0.25) is 5.91 Å².